The molecular weight excluding hydrogens is 240 g/mol. The van der Waals surface area contributed by atoms with Crippen molar-refractivity contribution in [2.45, 2.75) is 13.5 Å². The Kier molecular flexibility index (Phi) is 6.67. The van der Waals surface area contributed by atoms with E-state index < -0.39 is 0 Å². The van der Waals surface area contributed by atoms with E-state index in [1.165, 1.54) is 5.56 Å². The largest absolute Gasteiger partial charge is 0.495 e. The van der Waals surface area contributed by atoms with Crippen LogP contribution in [-0.2, 0) is 11.3 Å². The molecule has 0 aliphatic carbocycles. The highest BCUT2D eigenvalue weighted by Crippen LogP contribution is 2.26. The highest BCUT2D eigenvalue weighted by Gasteiger charge is 2.07. The van der Waals surface area contributed by atoms with Crippen LogP contribution in [-0.4, -0.2) is 46.4 Å². The number of methoxy groups -OCH3 is 2. The monoisotopic (exact) mass is 266 g/mol. The van der Waals surface area contributed by atoms with E-state index in [4.69, 9.17) is 9.47 Å². The molecule has 0 aromatic heterocycles. The summed E-state index contributed by atoms with van der Waals surface area (Å²) >= 11 is 0. The number of benzene rings is 1. The Balaban J connectivity index is 2.72. The van der Waals surface area contributed by atoms with Gasteiger partial charge >= 0.3 is 0 Å². The molecule has 0 aliphatic heterocycles. The van der Waals surface area contributed by atoms with Crippen LogP contribution in [0.15, 0.2) is 18.2 Å². The smallest absolute Gasteiger partial charge is 0.141 e. The lowest BCUT2D eigenvalue weighted by Gasteiger charge is -2.17. The molecule has 4 heteroatoms. The van der Waals surface area contributed by atoms with Crippen molar-refractivity contribution < 1.29 is 9.47 Å². The average Bonchev–Trinajstić information content (AvgIpc) is 2.36. The minimum atomic E-state index is 0.465. The molecule has 0 radical (unpaired) electrons. The summed E-state index contributed by atoms with van der Waals surface area (Å²) in [6.45, 7) is 4.71. The van der Waals surface area contributed by atoms with Gasteiger partial charge in [0, 0.05) is 20.2 Å². The van der Waals surface area contributed by atoms with Gasteiger partial charge in [0.25, 0.3) is 0 Å². The molecule has 0 amide bonds. The van der Waals surface area contributed by atoms with Gasteiger partial charge in [0.05, 0.1) is 19.4 Å². The van der Waals surface area contributed by atoms with Crippen molar-refractivity contribution in [3.8, 4) is 5.75 Å². The van der Waals surface area contributed by atoms with Crippen LogP contribution < -0.4 is 10.1 Å². The van der Waals surface area contributed by atoms with Crippen molar-refractivity contribution in [3.05, 3.63) is 23.8 Å². The quantitative estimate of drug-likeness (QED) is 0.783. The Morgan fingerprint density at radius 1 is 1.26 bits per heavy atom. The lowest BCUT2D eigenvalue weighted by atomic mass is 10.1. The molecule has 0 fully saturated rings. The third-order valence-corrected chi connectivity index (χ3v) is 2.85. The van der Waals surface area contributed by atoms with Gasteiger partial charge in [-0.1, -0.05) is 13.0 Å². The maximum atomic E-state index is 5.39. The molecule has 0 saturated heterocycles. The van der Waals surface area contributed by atoms with Gasteiger partial charge in [-0.05, 0) is 37.7 Å². The summed E-state index contributed by atoms with van der Waals surface area (Å²) in [4.78, 5) is 2.15. The molecule has 0 heterocycles. The van der Waals surface area contributed by atoms with Gasteiger partial charge in [-0.3, -0.25) is 0 Å². The van der Waals surface area contributed by atoms with Crippen LogP contribution in [0.1, 0.15) is 12.5 Å². The minimum Gasteiger partial charge on any atom is -0.495 e. The fourth-order valence-corrected chi connectivity index (χ4v) is 1.98. The van der Waals surface area contributed by atoms with Gasteiger partial charge in [-0.15, -0.1) is 0 Å². The third-order valence-electron chi connectivity index (χ3n) is 2.85. The Bertz CT molecular complexity index is 380. The summed E-state index contributed by atoms with van der Waals surface area (Å²) in [5.74, 6) is 1.35. The number of ether oxygens (including phenoxy) is 2. The van der Waals surface area contributed by atoms with Gasteiger partial charge in [-0.25, -0.2) is 0 Å². The van der Waals surface area contributed by atoms with Crippen LogP contribution >= 0.6 is 0 Å². The van der Waals surface area contributed by atoms with Crippen molar-refractivity contribution >= 4 is 5.69 Å². The predicted octanol–water partition coefficient (Wildman–Crippen LogP) is 2.45. The lowest BCUT2D eigenvalue weighted by Crippen LogP contribution is -2.16. The Hall–Kier alpha value is -1.26. The topological polar surface area (TPSA) is 33.7 Å². The van der Waals surface area contributed by atoms with Crippen LogP contribution in [0.2, 0.25) is 0 Å². The maximum absolute atomic E-state index is 5.39. The molecule has 4 nitrogen and oxygen atoms in total. The van der Waals surface area contributed by atoms with Crippen molar-refractivity contribution in [1.82, 2.24) is 4.90 Å². The number of hydrogen-bond donors (Lipinski definition) is 1. The normalized spacial score (nSPS) is 12.5. The molecule has 19 heavy (non-hydrogen) atoms. The molecule has 0 saturated carbocycles. The van der Waals surface area contributed by atoms with Crippen molar-refractivity contribution in [1.29, 1.82) is 0 Å². The fourth-order valence-electron chi connectivity index (χ4n) is 1.98. The Morgan fingerprint density at radius 3 is 2.58 bits per heavy atom. The number of nitrogens with zero attached hydrogens (tertiary/aromatic N) is 1. The average molecular weight is 266 g/mol. The second-order valence-electron chi connectivity index (χ2n) is 5.21. The third kappa shape index (κ3) is 5.49. The standard InChI is InChI=1S/C15H26N2O2/c1-12(11-18-4)9-16-14-8-13(10-17(2)3)6-7-15(14)19-5/h6-8,12,16H,9-11H2,1-5H3. The Morgan fingerprint density at radius 2 is 2.00 bits per heavy atom. The zero-order valence-electron chi connectivity index (χ0n) is 12.7. The molecule has 0 spiro atoms. The molecule has 1 aromatic rings. The van der Waals surface area contributed by atoms with Crippen molar-refractivity contribution in [2.75, 3.05) is 46.8 Å². The first-order chi connectivity index (χ1) is 9.06. The summed E-state index contributed by atoms with van der Waals surface area (Å²) in [6, 6.07) is 6.27. The SMILES string of the molecule is COCC(C)CNc1cc(CN(C)C)ccc1OC. The number of rotatable bonds is 8. The fraction of sp³-hybridized carbons (Fsp3) is 0.600. The second kappa shape index (κ2) is 8.02. The number of anilines is 1. The summed E-state index contributed by atoms with van der Waals surface area (Å²) in [7, 11) is 7.56. The molecule has 1 aromatic carbocycles. The van der Waals surface area contributed by atoms with Crippen LogP contribution in [0.3, 0.4) is 0 Å². The molecule has 0 bridgehead atoms. The predicted molar refractivity (Wildman–Crippen MR) is 79.9 cm³/mol. The van der Waals surface area contributed by atoms with E-state index in [2.05, 4.69) is 43.4 Å². The zero-order chi connectivity index (χ0) is 14.3. The van der Waals surface area contributed by atoms with E-state index in [9.17, 15) is 0 Å². The van der Waals surface area contributed by atoms with Crippen LogP contribution in [0.25, 0.3) is 0 Å². The highest BCUT2D eigenvalue weighted by atomic mass is 16.5. The van der Waals surface area contributed by atoms with Crippen molar-refractivity contribution in [3.63, 3.8) is 0 Å². The van der Waals surface area contributed by atoms with E-state index in [-0.39, 0.29) is 0 Å². The minimum absolute atomic E-state index is 0.465. The van der Waals surface area contributed by atoms with Gasteiger partial charge in [0.2, 0.25) is 0 Å². The van der Waals surface area contributed by atoms with Crippen LogP contribution in [0, 0.1) is 5.92 Å². The molecule has 1 unspecified atom stereocenters. The first-order valence-corrected chi connectivity index (χ1v) is 6.61. The van der Waals surface area contributed by atoms with Gasteiger partial charge < -0.3 is 19.7 Å². The number of hydrogen-bond acceptors (Lipinski definition) is 4. The molecule has 1 atom stereocenters. The second-order valence-corrected chi connectivity index (χ2v) is 5.21. The van der Waals surface area contributed by atoms with Gasteiger partial charge in [-0.2, -0.15) is 0 Å². The highest BCUT2D eigenvalue weighted by molar-refractivity contribution is 5.58. The van der Waals surface area contributed by atoms with Crippen LogP contribution in [0.5, 0.6) is 5.75 Å². The first kappa shape index (κ1) is 15.8. The Labute approximate surface area is 116 Å². The molecule has 1 N–H and O–H groups in total. The number of nitrogens with one attached hydrogen (secondary N) is 1. The van der Waals surface area contributed by atoms with E-state index in [1.807, 2.05) is 6.07 Å². The summed E-state index contributed by atoms with van der Waals surface area (Å²) in [6.07, 6.45) is 0. The van der Waals surface area contributed by atoms with Crippen molar-refractivity contribution in [2.24, 2.45) is 5.92 Å². The summed E-state index contributed by atoms with van der Waals surface area (Å²) in [5.41, 5.74) is 2.32. The first-order valence-electron chi connectivity index (χ1n) is 6.61. The lowest BCUT2D eigenvalue weighted by molar-refractivity contribution is 0.164. The summed E-state index contributed by atoms with van der Waals surface area (Å²) < 4.78 is 10.5. The zero-order valence-corrected chi connectivity index (χ0v) is 12.7. The molecule has 0 aliphatic rings. The molecule has 1 rings (SSSR count). The van der Waals surface area contributed by atoms with Crippen LogP contribution in [0.4, 0.5) is 5.69 Å². The molecular formula is C15H26N2O2. The van der Waals surface area contributed by atoms with E-state index in [0.29, 0.717) is 5.92 Å². The van der Waals surface area contributed by atoms with Gasteiger partial charge in [0.15, 0.2) is 0 Å². The van der Waals surface area contributed by atoms with E-state index in [0.717, 1.165) is 31.1 Å². The van der Waals surface area contributed by atoms with Gasteiger partial charge in [0.1, 0.15) is 5.75 Å². The van der Waals surface area contributed by atoms with E-state index in [1.54, 1.807) is 14.2 Å². The maximum Gasteiger partial charge on any atom is 0.141 e. The summed E-state index contributed by atoms with van der Waals surface area (Å²) in [5, 5.41) is 3.44. The van der Waals surface area contributed by atoms with E-state index >= 15 is 0 Å². The molecule has 108 valence electrons.